The smallest absolute Gasteiger partial charge is 0.406 e. The molecule has 0 aliphatic rings. The third-order valence-corrected chi connectivity index (χ3v) is 2.07. The zero-order chi connectivity index (χ0) is 14.5. The molecule has 0 aliphatic heterocycles. The SMILES string of the molecule is C=C(Br)CNC(=O)Nc1ccc(OC(F)(F)F)cc1. The summed E-state index contributed by atoms with van der Waals surface area (Å²) in [7, 11) is 0. The summed E-state index contributed by atoms with van der Waals surface area (Å²) in [6.07, 6.45) is -4.73. The molecule has 0 heterocycles. The van der Waals surface area contributed by atoms with Crippen LogP contribution in [0.5, 0.6) is 5.75 Å². The molecule has 0 radical (unpaired) electrons. The van der Waals surface area contributed by atoms with Gasteiger partial charge in [0.1, 0.15) is 5.75 Å². The molecule has 4 nitrogen and oxygen atoms in total. The van der Waals surface area contributed by atoms with Crippen LogP contribution in [0.4, 0.5) is 23.7 Å². The second-order valence-electron chi connectivity index (χ2n) is 3.40. The Balaban J connectivity index is 2.52. The summed E-state index contributed by atoms with van der Waals surface area (Å²) in [6, 6.07) is 4.30. The lowest BCUT2D eigenvalue weighted by molar-refractivity contribution is -0.274. The maximum atomic E-state index is 11.9. The number of carbonyl (C=O) groups excluding carboxylic acids is 1. The van der Waals surface area contributed by atoms with E-state index in [1.54, 1.807) is 0 Å². The minimum atomic E-state index is -4.73. The highest BCUT2D eigenvalue weighted by molar-refractivity contribution is 9.11. The summed E-state index contributed by atoms with van der Waals surface area (Å²) in [5.74, 6) is -0.354. The molecule has 0 saturated carbocycles. The molecule has 0 fully saturated rings. The van der Waals surface area contributed by atoms with Gasteiger partial charge in [0.2, 0.25) is 0 Å². The van der Waals surface area contributed by atoms with Gasteiger partial charge in [0.15, 0.2) is 0 Å². The van der Waals surface area contributed by atoms with Gasteiger partial charge in [-0.05, 0) is 24.3 Å². The van der Waals surface area contributed by atoms with Crippen LogP contribution in [0, 0.1) is 0 Å². The van der Waals surface area contributed by atoms with Gasteiger partial charge >= 0.3 is 12.4 Å². The Bertz CT molecular complexity index is 460. The van der Waals surface area contributed by atoms with Crippen LogP contribution in [0.3, 0.4) is 0 Å². The predicted molar refractivity (Wildman–Crippen MR) is 68.2 cm³/mol. The summed E-state index contributed by atoms with van der Waals surface area (Å²) >= 11 is 3.07. The van der Waals surface area contributed by atoms with E-state index in [0.29, 0.717) is 10.2 Å². The van der Waals surface area contributed by atoms with Gasteiger partial charge in [-0.25, -0.2) is 4.79 Å². The fourth-order valence-corrected chi connectivity index (χ4v) is 1.23. The molecule has 0 atom stereocenters. The first kappa shape index (κ1) is 15.4. The van der Waals surface area contributed by atoms with Crippen molar-refractivity contribution in [3.05, 3.63) is 35.3 Å². The molecule has 2 N–H and O–H groups in total. The summed E-state index contributed by atoms with van der Waals surface area (Å²) in [6.45, 7) is 3.77. The monoisotopic (exact) mass is 338 g/mol. The Morgan fingerprint density at radius 1 is 1.32 bits per heavy atom. The first-order valence-corrected chi connectivity index (χ1v) is 5.79. The van der Waals surface area contributed by atoms with Gasteiger partial charge in [0.05, 0.1) is 6.54 Å². The van der Waals surface area contributed by atoms with Crippen molar-refractivity contribution in [1.82, 2.24) is 5.32 Å². The van der Waals surface area contributed by atoms with E-state index in [1.165, 1.54) is 12.1 Å². The molecule has 1 aromatic carbocycles. The first-order chi connectivity index (χ1) is 8.76. The van der Waals surface area contributed by atoms with Crippen LogP contribution in [0.15, 0.2) is 35.3 Å². The number of urea groups is 1. The number of alkyl halides is 3. The van der Waals surface area contributed by atoms with Crippen molar-refractivity contribution in [3.8, 4) is 5.75 Å². The molecule has 0 aromatic heterocycles. The lowest BCUT2D eigenvalue weighted by Gasteiger charge is -2.10. The van der Waals surface area contributed by atoms with Gasteiger partial charge in [-0.3, -0.25) is 0 Å². The van der Waals surface area contributed by atoms with Crippen LogP contribution >= 0.6 is 15.9 Å². The Morgan fingerprint density at radius 3 is 2.37 bits per heavy atom. The minimum Gasteiger partial charge on any atom is -0.406 e. The largest absolute Gasteiger partial charge is 0.573 e. The molecule has 0 unspecified atom stereocenters. The van der Waals surface area contributed by atoms with Crippen molar-refractivity contribution in [3.63, 3.8) is 0 Å². The standard InChI is InChI=1S/C11H10BrF3N2O2/c1-7(12)6-16-10(18)17-8-2-4-9(5-3-8)19-11(13,14)15/h2-5H,1,6H2,(H2,16,17,18). The van der Waals surface area contributed by atoms with Crippen LogP contribution in [-0.2, 0) is 0 Å². The summed E-state index contributed by atoms with van der Waals surface area (Å²) in [5.41, 5.74) is 0.340. The molecule has 104 valence electrons. The topological polar surface area (TPSA) is 50.4 Å². The number of carbonyl (C=O) groups is 1. The number of rotatable bonds is 4. The Kier molecular flexibility index (Phi) is 5.22. The van der Waals surface area contributed by atoms with E-state index in [2.05, 4.69) is 37.9 Å². The molecule has 1 aromatic rings. The lowest BCUT2D eigenvalue weighted by Crippen LogP contribution is -2.29. The molecule has 19 heavy (non-hydrogen) atoms. The Labute approximate surface area is 115 Å². The Hall–Kier alpha value is -1.70. The molecule has 8 heteroatoms. The van der Waals surface area contributed by atoms with Gasteiger partial charge in [0.25, 0.3) is 0 Å². The average Bonchev–Trinajstić information content (AvgIpc) is 2.27. The number of amides is 2. The molecule has 1 rings (SSSR count). The second-order valence-corrected chi connectivity index (χ2v) is 4.52. The molecular formula is C11H10BrF3N2O2. The number of nitrogens with one attached hydrogen (secondary N) is 2. The highest BCUT2D eigenvalue weighted by Gasteiger charge is 2.30. The summed E-state index contributed by atoms with van der Waals surface area (Å²) in [4.78, 5) is 11.3. The fourth-order valence-electron chi connectivity index (χ4n) is 1.09. The second kappa shape index (κ2) is 6.46. The summed E-state index contributed by atoms with van der Waals surface area (Å²) < 4.78 is 40.0. The van der Waals surface area contributed by atoms with E-state index in [9.17, 15) is 18.0 Å². The predicted octanol–water partition coefficient (Wildman–Crippen LogP) is 3.62. The molecule has 2 amide bonds. The molecule has 0 bridgehead atoms. The van der Waals surface area contributed by atoms with Gasteiger partial charge in [0, 0.05) is 10.2 Å². The third kappa shape index (κ3) is 6.70. The van der Waals surface area contributed by atoms with Crippen molar-refractivity contribution in [2.45, 2.75) is 6.36 Å². The van der Waals surface area contributed by atoms with Crippen LogP contribution < -0.4 is 15.4 Å². The fraction of sp³-hybridized carbons (Fsp3) is 0.182. The number of anilines is 1. The van der Waals surface area contributed by atoms with Crippen molar-refractivity contribution < 1.29 is 22.7 Å². The third-order valence-electron chi connectivity index (χ3n) is 1.79. The maximum absolute atomic E-state index is 11.9. The first-order valence-electron chi connectivity index (χ1n) is 5.00. The van der Waals surface area contributed by atoms with Crippen LogP contribution in [-0.4, -0.2) is 18.9 Å². The van der Waals surface area contributed by atoms with Gasteiger partial charge in [-0.15, -0.1) is 13.2 Å². The lowest BCUT2D eigenvalue weighted by atomic mass is 10.3. The van der Waals surface area contributed by atoms with E-state index in [4.69, 9.17) is 0 Å². The normalized spacial score (nSPS) is 10.7. The molecule has 0 aliphatic carbocycles. The molecular weight excluding hydrogens is 329 g/mol. The molecule has 0 spiro atoms. The highest BCUT2D eigenvalue weighted by atomic mass is 79.9. The maximum Gasteiger partial charge on any atom is 0.573 e. The Morgan fingerprint density at radius 2 is 1.89 bits per heavy atom. The number of halogens is 4. The molecule has 0 saturated heterocycles. The zero-order valence-electron chi connectivity index (χ0n) is 9.55. The zero-order valence-corrected chi connectivity index (χ0v) is 11.1. The average molecular weight is 339 g/mol. The van der Waals surface area contributed by atoms with E-state index < -0.39 is 12.4 Å². The van der Waals surface area contributed by atoms with Crippen molar-refractivity contribution >= 4 is 27.6 Å². The van der Waals surface area contributed by atoms with Gasteiger partial charge in [-0.2, -0.15) is 0 Å². The van der Waals surface area contributed by atoms with Crippen LogP contribution in [0.25, 0.3) is 0 Å². The quantitative estimate of drug-likeness (QED) is 0.880. The number of hydrogen-bond acceptors (Lipinski definition) is 2. The number of ether oxygens (including phenoxy) is 1. The number of hydrogen-bond donors (Lipinski definition) is 2. The van der Waals surface area contributed by atoms with E-state index in [-0.39, 0.29) is 12.3 Å². The van der Waals surface area contributed by atoms with Crippen molar-refractivity contribution in [2.75, 3.05) is 11.9 Å². The van der Waals surface area contributed by atoms with Gasteiger partial charge < -0.3 is 15.4 Å². The van der Waals surface area contributed by atoms with Crippen LogP contribution in [0.2, 0.25) is 0 Å². The van der Waals surface area contributed by atoms with Gasteiger partial charge in [-0.1, -0.05) is 22.5 Å². The summed E-state index contributed by atoms with van der Waals surface area (Å²) in [5, 5.41) is 4.91. The van der Waals surface area contributed by atoms with Crippen molar-refractivity contribution in [2.24, 2.45) is 0 Å². The van der Waals surface area contributed by atoms with E-state index in [0.717, 1.165) is 12.1 Å². The minimum absolute atomic E-state index is 0.237. The van der Waals surface area contributed by atoms with E-state index >= 15 is 0 Å². The van der Waals surface area contributed by atoms with E-state index in [1.807, 2.05) is 0 Å². The highest BCUT2D eigenvalue weighted by Crippen LogP contribution is 2.23. The van der Waals surface area contributed by atoms with Crippen LogP contribution in [0.1, 0.15) is 0 Å². The van der Waals surface area contributed by atoms with Crippen molar-refractivity contribution in [1.29, 1.82) is 0 Å². The number of benzene rings is 1.